The van der Waals surface area contributed by atoms with Gasteiger partial charge >= 0.3 is 0 Å². The zero-order valence-corrected chi connectivity index (χ0v) is 17.3. The Bertz CT molecular complexity index is 877. The number of thiophene rings is 1. The monoisotopic (exact) mass is 451 g/mol. The summed E-state index contributed by atoms with van der Waals surface area (Å²) in [6, 6.07) is 6.96. The van der Waals surface area contributed by atoms with E-state index in [4.69, 9.17) is 18.0 Å². The maximum absolute atomic E-state index is 12.3. The van der Waals surface area contributed by atoms with Gasteiger partial charge in [0.05, 0.1) is 5.56 Å². The van der Waals surface area contributed by atoms with Crippen LogP contribution in [0.3, 0.4) is 0 Å². The van der Waals surface area contributed by atoms with Crippen molar-refractivity contribution < 1.29 is 9.59 Å². The van der Waals surface area contributed by atoms with Crippen LogP contribution in [0.2, 0.25) is 0 Å². The number of benzene rings is 1. The fraction of sp³-hybridized carbons (Fsp3) is 0.278. The van der Waals surface area contributed by atoms with Gasteiger partial charge in [-0.25, -0.2) is 0 Å². The largest absolute Gasteiger partial charge is 0.365 e. The highest BCUT2D eigenvalue weighted by molar-refractivity contribution is 9.10. The van der Waals surface area contributed by atoms with Crippen molar-refractivity contribution in [3.63, 3.8) is 0 Å². The lowest BCUT2D eigenvalue weighted by Gasteiger charge is -2.18. The van der Waals surface area contributed by atoms with Gasteiger partial charge in [-0.1, -0.05) is 22.9 Å². The Hall–Kier alpha value is -1.77. The van der Waals surface area contributed by atoms with Crippen LogP contribution >= 0.6 is 39.5 Å². The van der Waals surface area contributed by atoms with Gasteiger partial charge in [0, 0.05) is 14.9 Å². The third kappa shape index (κ3) is 4.13. The summed E-state index contributed by atoms with van der Waals surface area (Å²) in [5, 5.41) is 6.38. The Morgan fingerprint density at radius 1 is 1.31 bits per heavy atom. The van der Waals surface area contributed by atoms with Gasteiger partial charge in [0.25, 0.3) is 11.8 Å². The zero-order valence-electron chi connectivity index (χ0n) is 14.1. The molecule has 3 rings (SSSR count). The Labute approximate surface area is 169 Å². The molecular formula is C18H18BrN3O2S2. The molecule has 26 heavy (non-hydrogen) atoms. The predicted octanol–water partition coefficient (Wildman–Crippen LogP) is 3.86. The van der Waals surface area contributed by atoms with E-state index in [1.807, 2.05) is 0 Å². The summed E-state index contributed by atoms with van der Waals surface area (Å²) < 4.78 is 0.888. The van der Waals surface area contributed by atoms with Crippen LogP contribution in [0.1, 0.15) is 44.5 Å². The number of nitrogens with two attached hydrogens (primary N) is 1. The molecule has 1 aromatic heterocycles. The Balaban J connectivity index is 1.76. The summed E-state index contributed by atoms with van der Waals surface area (Å²) >= 11 is 10.1. The van der Waals surface area contributed by atoms with Crippen molar-refractivity contribution in [2.24, 2.45) is 11.7 Å². The summed E-state index contributed by atoms with van der Waals surface area (Å²) in [5.41, 5.74) is 7.60. The minimum absolute atomic E-state index is 0.145. The van der Waals surface area contributed by atoms with Gasteiger partial charge in [0.15, 0.2) is 5.11 Å². The molecule has 0 radical (unpaired) electrons. The van der Waals surface area contributed by atoms with Crippen molar-refractivity contribution in [3.8, 4) is 0 Å². The number of hydrogen-bond donors (Lipinski definition) is 3. The number of rotatable bonds is 3. The minimum atomic E-state index is -0.471. The van der Waals surface area contributed by atoms with Crippen molar-refractivity contribution >= 4 is 61.4 Å². The van der Waals surface area contributed by atoms with Gasteiger partial charge in [-0.3, -0.25) is 14.9 Å². The van der Waals surface area contributed by atoms with Crippen LogP contribution in [0.25, 0.3) is 0 Å². The molecule has 0 bridgehead atoms. The molecule has 1 aliphatic rings. The van der Waals surface area contributed by atoms with E-state index in [1.54, 1.807) is 24.3 Å². The van der Waals surface area contributed by atoms with E-state index < -0.39 is 5.91 Å². The van der Waals surface area contributed by atoms with Gasteiger partial charge in [0.1, 0.15) is 5.00 Å². The first-order chi connectivity index (χ1) is 12.3. The average molecular weight is 452 g/mol. The van der Waals surface area contributed by atoms with Crippen molar-refractivity contribution in [3.05, 3.63) is 50.3 Å². The molecule has 0 saturated carbocycles. The van der Waals surface area contributed by atoms with Crippen LogP contribution in [-0.2, 0) is 12.8 Å². The second-order valence-electron chi connectivity index (χ2n) is 6.34. The molecule has 4 N–H and O–H groups in total. The molecule has 136 valence electrons. The van der Waals surface area contributed by atoms with Gasteiger partial charge in [-0.05, 0) is 67.2 Å². The van der Waals surface area contributed by atoms with Crippen molar-refractivity contribution in [2.45, 2.75) is 26.2 Å². The quantitative estimate of drug-likeness (QED) is 0.618. The molecule has 1 atom stereocenters. The maximum atomic E-state index is 12.3. The van der Waals surface area contributed by atoms with Crippen molar-refractivity contribution in [1.82, 2.24) is 5.32 Å². The summed E-state index contributed by atoms with van der Waals surface area (Å²) in [6.45, 7) is 2.20. The summed E-state index contributed by atoms with van der Waals surface area (Å²) in [5.74, 6) is -0.203. The molecule has 1 heterocycles. The number of hydrogen-bond acceptors (Lipinski definition) is 4. The highest BCUT2D eigenvalue weighted by atomic mass is 79.9. The summed E-state index contributed by atoms with van der Waals surface area (Å²) in [4.78, 5) is 25.4. The number of primary amides is 1. The molecule has 0 unspecified atom stereocenters. The van der Waals surface area contributed by atoms with Gasteiger partial charge in [-0.15, -0.1) is 11.3 Å². The fourth-order valence-corrected chi connectivity index (χ4v) is 4.95. The normalized spacial score (nSPS) is 15.8. The second kappa shape index (κ2) is 7.85. The number of fused-ring (bicyclic) bond motifs is 1. The standard InChI is InChI=1S/C18H18BrN3O2S2/c1-9-2-7-12-13(8-9)26-17(14(12)15(20)23)22-18(25)21-16(24)10-3-5-11(19)6-4-10/h3-6,9H,2,7-8H2,1H3,(H2,20,23)(H2,21,22,24,25)/t9-/m0/s1. The Morgan fingerprint density at radius 3 is 2.65 bits per heavy atom. The van der Waals surface area contributed by atoms with E-state index >= 15 is 0 Å². The lowest BCUT2D eigenvalue weighted by atomic mass is 9.88. The molecule has 2 amide bonds. The average Bonchev–Trinajstić information content (AvgIpc) is 2.91. The number of thiocarbonyl (C=S) groups is 1. The third-order valence-corrected chi connectivity index (χ3v) is 6.22. The number of carbonyl (C=O) groups excluding carboxylic acids is 2. The van der Waals surface area contributed by atoms with E-state index in [0.29, 0.717) is 22.0 Å². The molecule has 1 aliphatic carbocycles. The number of amides is 2. The molecule has 0 spiro atoms. The minimum Gasteiger partial charge on any atom is -0.365 e. The topological polar surface area (TPSA) is 84.2 Å². The van der Waals surface area contributed by atoms with Crippen LogP contribution in [0.4, 0.5) is 5.00 Å². The van der Waals surface area contributed by atoms with E-state index in [2.05, 4.69) is 33.5 Å². The first-order valence-electron chi connectivity index (χ1n) is 8.17. The second-order valence-corrected chi connectivity index (χ2v) is 8.76. The van der Waals surface area contributed by atoms with Crippen LogP contribution in [0, 0.1) is 5.92 Å². The molecular weight excluding hydrogens is 434 g/mol. The molecule has 0 saturated heterocycles. The molecule has 2 aromatic rings. The molecule has 0 fully saturated rings. The lowest BCUT2D eigenvalue weighted by molar-refractivity contribution is 0.0975. The molecule has 5 nitrogen and oxygen atoms in total. The van der Waals surface area contributed by atoms with Crippen molar-refractivity contribution in [2.75, 3.05) is 5.32 Å². The number of carbonyl (C=O) groups is 2. The molecule has 1 aromatic carbocycles. The van der Waals surface area contributed by atoms with Gasteiger partial charge in [0.2, 0.25) is 0 Å². The maximum Gasteiger partial charge on any atom is 0.257 e. The van der Waals surface area contributed by atoms with Crippen LogP contribution < -0.4 is 16.4 Å². The van der Waals surface area contributed by atoms with Crippen LogP contribution in [0.5, 0.6) is 0 Å². The smallest absolute Gasteiger partial charge is 0.257 e. The number of nitrogens with one attached hydrogen (secondary N) is 2. The highest BCUT2D eigenvalue weighted by Gasteiger charge is 2.27. The predicted molar refractivity (Wildman–Crippen MR) is 112 cm³/mol. The van der Waals surface area contributed by atoms with E-state index in [9.17, 15) is 9.59 Å². The molecule has 0 aliphatic heterocycles. The van der Waals surface area contributed by atoms with Crippen LogP contribution in [-0.4, -0.2) is 16.9 Å². The highest BCUT2D eigenvalue weighted by Crippen LogP contribution is 2.39. The van der Waals surface area contributed by atoms with E-state index in [0.717, 1.165) is 29.3 Å². The van der Waals surface area contributed by atoms with Gasteiger partial charge < -0.3 is 11.1 Å². The SMILES string of the molecule is C[C@H]1CCc2c(sc(NC(=S)NC(=O)c3ccc(Br)cc3)c2C(N)=O)C1. The van der Waals surface area contributed by atoms with Gasteiger partial charge in [-0.2, -0.15) is 0 Å². The summed E-state index contributed by atoms with van der Waals surface area (Å²) in [7, 11) is 0. The first-order valence-corrected chi connectivity index (χ1v) is 10.2. The first kappa shape index (κ1) is 19.0. The van der Waals surface area contributed by atoms with Crippen LogP contribution in [0.15, 0.2) is 28.7 Å². The van der Waals surface area contributed by atoms with E-state index in [-0.39, 0.29) is 11.0 Å². The summed E-state index contributed by atoms with van der Waals surface area (Å²) in [6.07, 6.45) is 2.80. The van der Waals surface area contributed by atoms with Crippen molar-refractivity contribution in [1.29, 1.82) is 0 Å². The lowest BCUT2D eigenvalue weighted by Crippen LogP contribution is -2.34. The number of halogens is 1. The zero-order chi connectivity index (χ0) is 18.8. The fourth-order valence-electron chi connectivity index (χ4n) is 3.01. The Morgan fingerprint density at radius 2 is 2.00 bits per heavy atom. The Kier molecular flexibility index (Phi) is 5.74. The van der Waals surface area contributed by atoms with E-state index in [1.165, 1.54) is 16.2 Å². The molecule has 8 heteroatoms. The third-order valence-electron chi connectivity index (χ3n) is 4.32. The number of anilines is 1.